The third-order valence-corrected chi connectivity index (χ3v) is 4.85. The van der Waals surface area contributed by atoms with Gasteiger partial charge in [-0.1, -0.05) is 31.8 Å². The number of piperidine rings is 1. The van der Waals surface area contributed by atoms with E-state index in [-0.39, 0.29) is 5.92 Å². The van der Waals surface area contributed by atoms with Crippen LogP contribution in [-0.4, -0.2) is 38.8 Å². The molecule has 5 nitrogen and oxygen atoms in total. The second kappa shape index (κ2) is 5.45. The maximum absolute atomic E-state index is 10.7. The lowest BCUT2D eigenvalue weighted by Gasteiger charge is -2.47. The van der Waals surface area contributed by atoms with Gasteiger partial charge in [-0.2, -0.15) is 4.98 Å². The fraction of sp³-hybridized carbons (Fsp3) is 0.867. The number of hydrogen-bond acceptors (Lipinski definition) is 5. The molecule has 0 aromatic carbocycles. The SMILES string of the molecule is CC(C)c1nc(CN2CCC3(O)CCCCC3C2)no1. The third kappa shape index (κ3) is 2.74. The number of aromatic nitrogens is 2. The average molecular weight is 279 g/mol. The molecule has 0 spiro atoms. The van der Waals surface area contributed by atoms with Gasteiger partial charge in [0.05, 0.1) is 12.1 Å². The van der Waals surface area contributed by atoms with Crippen LogP contribution in [0.1, 0.15) is 63.6 Å². The summed E-state index contributed by atoms with van der Waals surface area (Å²) < 4.78 is 5.26. The van der Waals surface area contributed by atoms with E-state index in [0.717, 1.165) is 44.7 Å². The van der Waals surface area contributed by atoms with Crippen LogP contribution in [0.4, 0.5) is 0 Å². The second-order valence-corrected chi connectivity index (χ2v) is 6.73. The topological polar surface area (TPSA) is 62.4 Å². The fourth-order valence-electron chi connectivity index (χ4n) is 3.55. The van der Waals surface area contributed by atoms with E-state index in [1.807, 2.05) is 0 Å². The molecule has 0 bridgehead atoms. The highest BCUT2D eigenvalue weighted by atomic mass is 16.5. The lowest BCUT2D eigenvalue weighted by atomic mass is 9.71. The number of nitrogens with zero attached hydrogens (tertiary/aromatic N) is 3. The Hall–Kier alpha value is -0.940. The fourth-order valence-corrected chi connectivity index (χ4v) is 3.55. The predicted molar refractivity (Wildman–Crippen MR) is 75.2 cm³/mol. The first kappa shape index (κ1) is 14.0. The monoisotopic (exact) mass is 279 g/mol. The van der Waals surface area contributed by atoms with Crippen LogP contribution in [0.25, 0.3) is 0 Å². The van der Waals surface area contributed by atoms with Crippen LogP contribution in [0.5, 0.6) is 0 Å². The molecule has 1 N–H and O–H groups in total. The lowest BCUT2D eigenvalue weighted by molar-refractivity contribution is -0.0971. The van der Waals surface area contributed by atoms with Gasteiger partial charge in [0, 0.05) is 24.9 Å². The zero-order valence-electron chi connectivity index (χ0n) is 12.5. The molecule has 0 amide bonds. The molecule has 1 saturated carbocycles. The molecule has 1 aromatic rings. The van der Waals surface area contributed by atoms with E-state index in [0.29, 0.717) is 11.8 Å². The number of fused-ring (bicyclic) bond motifs is 1. The maximum atomic E-state index is 10.7. The first-order valence-electron chi connectivity index (χ1n) is 7.84. The van der Waals surface area contributed by atoms with Crippen molar-refractivity contribution in [3.63, 3.8) is 0 Å². The van der Waals surface area contributed by atoms with Crippen molar-refractivity contribution in [3.05, 3.63) is 11.7 Å². The van der Waals surface area contributed by atoms with Crippen LogP contribution in [0.3, 0.4) is 0 Å². The molecular formula is C15H25N3O2. The van der Waals surface area contributed by atoms with Crippen molar-refractivity contribution in [2.24, 2.45) is 5.92 Å². The molecule has 3 rings (SSSR count). The first-order chi connectivity index (χ1) is 9.57. The summed E-state index contributed by atoms with van der Waals surface area (Å²) in [6.45, 7) is 6.74. The lowest BCUT2D eigenvalue weighted by Crippen LogP contribution is -2.53. The summed E-state index contributed by atoms with van der Waals surface area (Å²) in [5.74, 6) is 2.18. The minimum absolute atomic E-state index is 0.279. The molecule has 1 saturated heterocycles. The molecule has 2 fully saturated rings. The summed E-state index contributed by atoms with van der Waals surface area (Å²) in [5.41, 5.74) is -0.408. The highest BCUT2D eigenvalue weighted by molar-refractivity contribution is 4.97. The number of likely N-dealkylation sites (tertiary alicyclic amines) is 1. The Morgan fingerprint density at radius 1 is 1.40 bits per heavy atom. The van der Waals surface area contributed by atoms with E-state index in [4.69, 9.17) is 4.52 Å². The molecule has 5 heteroatoms. The summed E-state index contributed by atoms with van der Waals surface area (Å²) in [4.78, 5) is 6.80. The van der Waals surface area contributed by atoms with Crippen molar-refractivity contribution >= 4 is 0 Å². The van der Waals surface area contributed by atoms with Gasteiger partial charge in [-0.05, 0) is 19.3 Å². The van der Waals surface area contributed by atoms with Crippen LogP contribution in [0, 0.1) is 5.92 Å². The summed E-state index contributed by atoms with van der Waals surface area (Å²) in [6, 6.07) is 0. The van der Waals surface area contributed by atoms with Gasteiger partial charge in [0.25, 0.3) is 0 Å². The number of hydrogen-bond donors (Lipinski definition) is 1. The summed E-state index contributed by atoms with van der Waals surface area (Å²) >= 11 is 0. The molecule has 0 radical (unpaired) electrons. The van der Waals surface area contributed by atoms with Gasteiger partial charge < -0.3 is 9.63 Å². The minimum Gasteiger partial charge on any atom is -0.390 e. The summed E-state index contributed by atoms with van der Waals surface area (Å²) in [7, 11) is 0. The van der Waals surface area contributed by atoms with Crippen LogP contribution in [-0.2, 0) is 6.54 Å². The van der Waals surface area contributed by atoms with Gasteiger partial charge in [0.15, 0.2) is 5.82 Å². The molecule has 2 heterocycles. The predicted octanol–water partition coefficient (Wildman–Crippen LogP) is 2.32. The molecule has 2 atom stereocenters. The molecule has 1 aliphatic carbocycles. The Labute approximate surface area is 120 Å². The zero-order chi connectivity index (χ0) is 14.2. The quantitative estimate of drug-likeness (QED) is 0.920. The van der Waals surface area contributed by atoms with E-state index >= 15 is 0 Å². The van der Waals surface area contributed by atoms with Crippen molar-refractivity contribution in [2.45, 2.75) is 64.0 Å². The third-order valence-electron chi connectivity index (χ3n) is 4.85. The maximum Gasteiger partial charge on any atom is 0.229 e. The smallest absolute Gasteiger partial charge is 0.229 e. The summed E-state index contributed by atoms with van der Waals surface area (Å²) in [5, 5.41) is 14.7. The van der Waals surface area contributed by atoms with Gasteiger partial charge in [0.1, 0.15) is 0 Å². The van der Waals surface area contributed by atoms with Crippen molar-refractivity contribution in [2.75, 3.05) is 13.1 Å². The molecule has 20 heavy (non-hydrogen) atoms. The minimum atomic E-state index is -0.408. The van der Waals surface area contributed by atoms with E-state index in [9.17, 15) is 5.11 Å². The van der Waals surface area contributed by atoms with Crippen molar-refractivity contribution in [1.29, 1.82) is 0 Å². The van der Waals surface area contributed by atoms with Crippen molar-refractivity contribution < 1.29 is 9.63 Å². The largest absolute Gasteiger partial charge is 0.390 e. The number of rotatable bonds is 3. The highest BCUT2D eigenvalue weighted by Crippen LogP contribution is 2.39. The standard InChI is InChI=1S/C15H25N3O2/c1-11(2)14-16-13(17-20-14)10-18-8-7-15(19)6-4-3-5-12(15)9-18/h11-12,19H,3-10H2,1-2H3. The molecular weight excluding hydrogens is 254 g/mol. The summed E-state index contributed by atoms with van der Waals surface area (Å²) in [6.07, 6.45) is 5.43. The zero-order valence-corrected chi connectivity index (χ0v) is 12.5. The molecule has 1 aromatic heterocycles. The van der Waals surface area contributed by atoms with Crippen LogP contribution in [0.2, 0.25) is 0 Å². The van der Waals surface area contributed by atoms with E-state index in [2.05, 4.69) is 28.9 Å². The second-order valence-electron chi connectivity index (χ2n) is 6.73. The van der Waals surface area contributed by atoms with E-state index in [1.54, 1.807) is 0 Å². The van der Waals surface area contributed by atoms with Crippen LogP contribution >= 0.6 is 0 Å². The Morgan fingerprint density at radius 3 is 3.00 bits per heavy atom. The van der Waals surface area contributed by atoms with Gasteiger partial charge >= 0.3 is 0 Å². The molecule has 112 valence electrons. The Kier molecular flexibility index (Phi) is 3.82. The molecule has 2 aliphatic rings. The van der Waals surface area contributed by atoms with Crippen molar-refractivity contribution in [1.82, 2.24) is 15.0 Å². The van der Waals surface area contributed by atoms with Crippen molar-refractivity contribution in [3.8, 4) is 0 Å². The first-order valence-corrected chi connectivity index (χ1v) is 7.84. The molecule has 2 unspecified atom stereocenters. The van der Waals surface area contributed by atoms with E-state index < -0.39 is 5.60 Å². The normalized spacial score (nSPS) is 31.5. The van der Waals surface area contributed by atoms with Gasteiger partial charge in [-0.3, -0.25) is 4.90 Å². The Morgan fingerprint density at radius 2 is 2.25 bits per heavy atom. The van der Waals surface area contributed by atoms with Crippen LogP contribution < -0.4 is 0 Å². The average Bonchev–Trinajstić information content (AvgIpc) is 2.88. The van der Waals surface area contributed by atoms with Crippen LogP contribution in [0.15, 0.2) is 4.52 Å². The highest BCUT2D eigenvalue weighted by Gasteiger charge is 2.42. The van der Waals surface area contributed by atoms with Gasteiger partial charge in [0.2, 0.25) is 5.89 Å². The van der Waals surface area contributed by atoms with Gasteiger partial charge in [-0.25, -0.2) is 0 Å². The molecule has 1 aliphatic heterocycles. The number of aliphatic hydroxyl groups is 1. The van der Waals surface area contributed by atoms with E-state index in [1.165, 1.54) is 12.8 Å². The van der Waals surface area contributed by atoms with Gasteiger partial charge in [-0.15, -0.1) is 0 Å². The Balaban J connectivity index is 1.61. The Bertz CT molecular complexity index is 460.